The van der Waals surface area contributed by atoms with Crippen molar-refractivity contribution in [3.63, 3.8) is 0 Å². The number of H-pyrrole nitrogens is 1. The minimum absolute atomic E-state index is 0.0722. The van der Waals surface area contributed by atoms with Gasteiger partial charge >= 0.3 is 0 Å². The minimum Gasteiger partial charge on any atom is -0.335 e. The fourth-order valence-corrected chi connectivity index (χ4v) is 4.17. The van der Waals surface area contributed by atoms with Crippen molar-refractivity contribution in [3.8, 4) is 22.8 Å². The number of nitrogen functional groups attached to an aromatic ring is 1. The van der Waals surface area contributed by atoms with Gasteiger partial charge in [-0.3, -0.25) is 9.89 Å². The Kier molecular flexibility index (Phi) is 6.15. The summed E-state index contributed by atoms with van der Waals surface area (Å²) in [4.78, 5) is 12.4. The number of hydrogen-bond acceptors (Lipinski definition) is 6. The van der Waals surface area contributed by atoms with Crippen molar-refractivity contribution in [2.45, 2.75) is 19.0 Å². The largest absolute Gasteiger partial charge is 0.335 e. The van der Waals surface area contributed by atoms with E-state index in [1.54, 1.807) is 24.3 Å². The first-order valence-electron chi connectivity index (χ1n) is 9.53. The molecule has 0 aliphatic heterocycles. The number of carbonyl (C=O) groups excluding carboxylic acids is 1. The molecule has 32 heavy (non-hydrogen) atoms. The SMILES string of the molecule is Cc1cc(C)c(NC(=O)CSc2nnc(-c3cc(-c4ccc(F)cc4)n[nH]3)n2N)c(Cl)c1. The number of nitrogens with two attached hydrogens (primary N) is 1. The standard InChI is InChI=1S/C21H19ClFN7OS/c1-11-7-12(2)19(15(22)8-11)25-18(31)10-32-21-29-28-20(30(21)24)17-9-16(26-27-17)13-3-5-14(23)6-4-13/h3-9H,10,24H2,1-2H3,(H,25,31)(H,26,27). The number of hydrogen-bond donors (Lipinski definition) is 3. The van der Waals surface area contributed by atoms with Gasteiger partial charge in [-0.2, -0.15) is 5.10 Å². The Balaban J connectivity index is 1.44. The second kappa shape index (κ2) is 9.01. The molecule has 0 unspecified atom stereocenters. The average Bonchev–Trinajstić information content (AvgIpc) is 3.36. The number of aromatic amines is 1. The third kappa shape index (κ3) is 4.61. The maximum absolute atomic E-state index is 13.1. The van der Waals surface area contributed by atoms with Crippen molar-refractivity contribution in [1.82, 2.24) is 25.1 Å². The number of benzene rings is 2. The van der Waals surface area contributed by atoms with Crippen LogP contribution in [0.3, 0.4) is 0 Å². The van der Waals surface area contributed by atoms with Gasteiger partial charge in [-0.05, 0) is 61.4 Å². The molecule has 0 radical (unpaired) electrons. The number of amides is 1. The van der Waals surface area contributed by atoms with Gasteiger partial charge < -0.3 is 11.2 Å². The smallest absolute Gasteiger partial charge is 0.234 e. The van der Waals surface area contributed by atoms with Crippen LogP contribution in [-0.4, -0.2) is 36.7 Å². The van der Waals surface area contributed by atoms with Crippen LogP contribution in [0.4, 0.5) is 10.1 Å². The zero-order valence-corrected chi connectivity index (χ0v) is 18.8. The van der Waals surface area contributed by atoms with Gasteiger partial charge in [0.05, 0.1) is 22.2 Å². The molecule has 0 saturated carbocycles. The number of aryl methyl sites for hydroxylation is 2. The van der Waals surface area contributed by atoms with E-state index in [1.165, 1.54) is 16.8 Å². The summed E-state index contributed by atoms with van der Waals surface area (Å²) < 4.78 is 14.4. The molecule has 0 fully saturated rings. The first kappa shape index (κ1) is 21.8. The lowest BCUT2D eigenvalue weighted by atomic mass is 10.1. The van der Waals surface area contributed by atoms with Crippen molar-refractivity contribution in [1.29, 1.82) is 0 Å². The van der Waals surface area contributed by atoms with Gasteiger partial charge in [-0.25, -0.2) is 9.07 Å². The van der Waals surface area contributed by atoms with Gasteiger partial charge in [0.2, 0.25) is 16.9 Å². The quantitative estimate of drug-likeness (QED) is 0.287. The third-order valence-corrected chi connectivity index (χ3v) is 5.89. The molecule has 0 atom stereocenters. The van der Waals surface area contributed by atoms with Crippen molar-refractivity contribution in [2.24, 2.45) is 0 Å². The average molecular weight is 472 g/mol. The van der Waals surface area contributed by atoms with Gasteiger partial charge in [-0.15, -0.1) is 10.2 Å². The zero-order valence-electron chi connectivity index (χ0n) is 17.2. The summed E-state index contributed by atoms with van der Waals surface area (Å²) >= 11 is 7.39. The number of carbonyl (C=O) groups is 1. The molecule has 4 aromatic rings. The highest BCUT2D eigenvalue weighted by atomic mass is 35.5. The molecule has 2 aromatic carbocycles. The Morgan fingerprint density at radius 3 is 2.69 bits per heavy atom. The first-order chi connectivity index (χ1) is 15.3. The first-order valence-corrected chi connectivity index (χ1v) is 10.9. The number of nitrogens with zero attached hydrogens (tertiary/aromatic N) is 4. The Labute approximate surface area is 192 Å². The van der Waals surface area contributed by atoms with Crippen LogP contribution >= 0.6 is 23.4 Å². The molecule has 0 aliphatic carbocycles. The molecule has 0 saturated heterocycles. The van der Waals surface area contributed by atoms with E-state index in [0.717, 1.165) is 28.5 Å². The number of nitrogens with one attached hydrogen (secondary N) is 2. The van der Waals surface area contributed by atoms with Crippen LogP contribution in [0.2, 0.25) is 5.02 Å². The molecule has 0 spiro atoms. The fourth-order valence-electron chi connectivity index (χ4n) is 3.14. The van der Waals surface area contributed by atoms with Crippen LogP contribution in [0, 0.1) is 19.7 Å². The second-order valence-corrected chi connectivity index (χ2v) is 8.48. The molecular formula is C21H19ClFN7OS. The zero-order chi connectivity index (χ0) is 22.8. The van der Waals surface area contributed by atoms with Crippen LogP contribution in [-0.2, 0) is 4.79 Å². The van der Waals surface area contributed by atoms with Crippen molar-refractivity contribution < 1.29 is 9.18 Å². The van der Waals surface area contributed by atoms with Gasteiger partial charge in [0, 0.05) is 5.56 Å². The summed E-state index contributed by atoms with van der Waals surface area (Å²) in [6.07, 6.45) is 0. The number of rotatable bonds is 6. The number of aromatic nitrogens is 5. The highest BCUT2D eigenvalue weighted by Crippen LogP contribution is 2.28. The molecule has 164 valence electrons. The van der Waals surface area contributed by atoms with Crippen molar-refractivity contribution >= 4 is 35.0 Å². The highest BCUT2D eigenvalue weighted by Gasteiger charge is 2.17. The van der Waals surface area contributed by atoms with Gasteiger partial charge in [0.15, 0.2) is 0 Å². The lowest BCUT2D eigenvalue weighted by molar-refractivity contribution is -0.113. The minimum atomic E-state index is -0.322. The van der Waals surface area contributed by atoms with Gasteiger partial charge in [0.1, 0.15) is 11.5 Å². The maximum Gasteiger partial charge on any atom is 0.234 e. The fraction of sp³-hybridized carbons (Fsp3) is 0.143. The number of anilines is 1. The molecule has 8 nitrogen and oxygen atoms in total. The Hall–Kier alpha value is -3.37. The Morgan fingerprint density at radius 1 is 1.22 bits per heavy atom. The summed E-state index contributed by atoms with van der Waals surface area (Å²) in [7, 11) is 0. The van der Waals surface area contributed by atoms with Crippen LogP contribution in [0.15, 0.2) is 47.6 Å². The maximum atomic E-state index is 13.1. The van der Waals surface area contributed by atoms with Crippen LogP contribution in [0.5, 0.6) is 0 Å². The predicted molar refractivity (Wildman–Crippen MR) is 123 cm³/mol. The molecule has 4 N–H and O–H groups in total. The monoisotopic (exact) mass is 471 g/mol. The molecule has 2 heterocycles. The van der Waals surface area contributed by atoms with E-state index in [0.29, 0.717) is 33.1 Å². The van der Waals surface area contributed by atoms with Crippen molar-refractivity contribution in [3.05, 3.63) is 64.4 Å². The lowest BCUT2D eigenvalue weighted by Crippen LogP contribution is -2.17. The lowest BCUT2D eigenvalue weighted by Gasteiger charge is -2.11. The molecule has 0 bridgehead atoms. The van der Waals surface area contributed by atoms with Crippen LogP contribution in [0.25, 0.3) is 22.8 Å². The van der Waals surface area contributed by atoms with E-state index < -0.39 is 0 Å². The molecule has 1 amide bonds. The van der Waals surface area contributed by atoms with Gasteiger partial charge in [-0.1, -0.05) is 29.4 Å². The Bertz CT molecular complexity index is 1260. The number of halogens is 2. The summed E-state index contributed by atoms with van der Waals surface area (Å²) in [5.41, 5.74) is 4.38. The summed E-state index contributed by atoms with van der Waals surface area (Å²) in [6.45, 7) is 3.82. The summed E-state index contributed by atoms with van der Waals surface area (Å²) in [6, 6.07) is 11.5. The van der Waals surface area contributed by atoms with Crippen LogP contribution < -0.4 is 11.2 Å². The number of thioether (sulfide) groups is 1. The van der Waals surface area contributed by atoms with E-state index in [9.17, 15) is 9.18 Å². The molecule has 11 heteroatoms. The topological polar surface area (TPSA) is 115 Å². The van der Waals surface area contributed by atoms with Crippen LogP contribution in [0.1, 0.15) is 11.1 Å². The molecular weight excluding hydrogens is 453 g/mol. The second-order valence-electron chi connectivity index (χ2n) is 7.13. The summed E-state index contributed by atoms with van der Waals surface area (Å²) in [5.74, 6) is 5.99. The van der Waals surface area contributed by atoms with E-state index in [1.807, 2.05) is 19.9 Å². The van der Waals surface area contributed by atoms with E-state index >= 15 is 0 Å². The molecule has 0 aliphatic rings. The Morgan fingerprint density at radius 2 is 1.97 bits per heavy atom. The normalized spacial score (nSPS) is 11.0. The highest BCUT2D eigenvalue weighted by molar-refractivity contribution is 7.99. The van der Waals surface area contributed by atoms with Gasteiger partial charge in [0.25, 0.3) is 0 Å². The molecule has 4 rings (SSSR count). The predicted octanol–water partition coefficient (Wildman–Crippen LogP) is 4.19. The third-order valence-electron chi connectivity index (χ3n) is 4.65. The van der Waals surface area contributed by atoms with E-state index in [2.05, 4.69) is 25.7 Å². The van der Waals surface area contributed by atoms with E-state index in [4.69, 9.17) is 17.4 Å². The molecule has 2 aromatic heterocycles. The van der Waals surface area contributed by atoms with Crippen molar-refractivity contribution in [2.75, 3.05) is 16.9 Å². The summed E-state index contributed by atoms with van der Waals surface area (Å²) in [5, 5.41) is 18.9. The van der Waals surface area contributed by atoms with E-state index in [-0.39, 0.29) is 17.5 Å².